The SMILES string of the molecule is CC1(C)C(=O)C=C([O])C1(C)C. The van der Waals surface area contributed by atoms with Crippen LogP contribution in [-0.4, -0.2) is 5.78 Å². The third-order valence-electron chi connectivity index (χ3n) is 3.06. The smallest absolute Gasteiger partial charge is 0.165 e. The molecule has 1 rings (SSSR count). The van der Waals surface area contributed by atoms with E-state index in [9.17, 15) is 9.90 Å². The van der Waals surface area contributed by atoms with Gasteiger partial charge in [-0.25, -0.2) is 0 Å². The Labute approximate surface area is 66.9 Å². The number of rotatable bonds is 0. The number of allylic oxidation sites excluding steroid dienone is 2. The lowest BCUT2D eigenvalue weighted by molar-refractivity contribution is -0.125. The maximum Gasteiger partial charge on any atom is 0.165 e. The lowest BCUT2D eigenvalue weighted by Crippen LogP contribution is -2.34. The van der Waals surface area contributed by atoms with Crippen LogP contribution in [0.1, 0.15) is 27.7 Å². The predicted octanol–water partition coefficient (Wildman–Crippen LogP) is 1.94. The molecule has 0 aromatic carbocycles. The molecule has 0 aromatic heterocycles. The average molecular weight is 153 g/mol. The molecule has 0 atom stereocenters. The van der Waals surface area contributed by atoms with Gasteiger partial charge in [-0.05, 0) is 0 Å². The highest BCUT2D eigenvalue weighted by atomic mass is 16.3. The maximum atomic E-state index is 11.2. The molecule has 0 N–H and O–H groups in total. The summed E-state index contributed by atoms with van der Waals surface area (Å²) in [6.45, 7) is 7.26. The zero-order valence-corrected chi connectivity index (χ0v) is 7.39. The fourth-order valence-corrected chi connectivity index (χ4v) is 1.10. The summed E-state index contributed by atoms with van der Waals surface area (Å²) in [7, 11) is 0. The summed E-state index contributed by atoms with van der Waals surface area (Å²) in [5, 5.41) is 11.2. The van der Waals surface area contributed by atoms with Gasteiger partial charge in [0.1, 0.15) is 0 Å². The highest BCUT2D eigenvalue weighted by Crippen LogP contribution is 2.49. The third kappa shape index (κ3) is 0.817. The van der Waals surface area contributed by atoms with E-state index in [1.807, 2.05) is 27.7 Å². The van der Waals surface area contributed by atoms with Gasteiger partial charge in [0.2, 0.25) is 0 Å². The van der Waals surface area contributed by atoms with Gasteiger partial charge < -0.3 is 0 Å². The molecular weight excluding hydrogens is 140 g/mol. The van der Waals surface area contributed by atoms with Crippen molar-refractivity contribution in [1.82, 2.24) is 0 Å². The number of ketones is 1. The summed E-state index contributed by atoms with van der Waals surface area (Å²) in [6, 6.07) is 0. The first kappa shape index (κ1) is 8.31. The van der Waals surface area contributed by atoms with Crippen LogP contribution < -0.4 is 0 Å². The van der Waals surface area contributed by atoms with E-state index in [0.29, 0.717) is 0 Å². The molecule has 0 fully saturated rings. The fourth-order valence-electron chi connectivity index (χ4n) is 1.10. The second kappa shape index (κ2) is 1.87. The van der Waals surface area contributed by atoms with Crippen LogP contribution in [0.4, 0.5) is 0 Å². The summed E-state index contributed by atoms with van der Waals surface area (Å²) in [5.41, 5.74) is -1.05. The van der Waals surface area contributed by atoms with Crippen molar-refractivity contribution in [1.29, 1.82) is 0 Å². The first-order valence-electron chi connectivity index (χ1n) is 3.74. The van der Waals surface area contributed by atoms with Crippen molar-refractivity contribution in [3.05, 3.63) is 11.8 Å². The van der Waals surface area contributed by atoms with E-state index in [2.05, 4.69) is 0 Å². The molecule has 0 unspecified atom stereocenters. The molecule has 0 bridgehead atoms. The van der Waals surface area contributed by atoms with Crippen molar-refractivity contribution in [2.45, 2.75) is 27.7 Å². The van der Waals surface area contributed by atoms with Gasteiger partial charge in [0.05, 0.1) is 0 Å². The Morgan fingerprint density at radius 1 is 1.09 bits per heavy atom. The molecule has 0 saturated heterocycles. The minimum Gasteiger partial charge on any atom is -0.294 e. The maximum absolute atomic E-state index is 11.2. The Kier molecular flexibility index (Phi) is 1.41. The van der Waals surface area contributed by atoms with Crippen LogP contribution in [0.3, 0.4) is 0 Å². The molecule has 11 heavy (non-hydrogen) atoms. The van der Waals surface area contributed by atoms with E-state index >= 15 is 0 Å². The summed E-state index contributed by atoms with van der Waals surface area (Å²) < 4.78 is 0. The van der Waals surface area contributed by atoms with Crippen LogP contribution in [0, 0.1) is 10.8 Å². The van der Waals surface area contributed by atoms with Gasteiger partial charge in [0.25, 0.3) is 0 Å². The first-order chi connectivity index (χ1) is 4.80. The average Bonchev–Trinajstić information content (AvgIpc) is 1.95. The number of carbonyl (C=O) groups excluding carboxylic acids is 1. The first-order valence-corrected chi connectivity index (χ1v) is 3.74. The molecular formula is C9H13O2. The van der Waals surface area contributed by atoms with Crippen LogP contribution >= 0.6 is 0 Å². The van der Waals surface area contributed by atoms with E-state index in [4.69, 9.17) is 0 Å². The van der Waals surface area contributed by atoms with Gasteiger partial charge in [-0.3, -0.25) is 9.90 Å². The second-order valence-corrected chi connectivity index (χ2v) is 4.12. The molecule has 1 aliphatic carbocycles. The van der Waals surface area contributed by atoms with Crippen molar-refractivity contribution in [3.63, 3.8) is 0 Å². The highest BCUT2D eigenvalue weighted by molar-refractivity contribution is 5.98. The molecule has 0 aliphatic heterocycles. The topological polar surface area (TPSA) is 37.0 Å². The van der Waals surface area contributed by atoms with Gasteiger partial charge in [-0.1, -0.05) is 27.7 Å². The Balaban J connectivity index is 3.17. The van der Waals surface area contributed by atoms with Crippen molar-refractivity contribution < 1.29 is 9.90 Å². The molecule has 2 heteroatoms. The van der Waals surface area contributed by atoms with Gasteiger partial charge >= 0.3 is 0 Å². The van der Waals surface area contributed by atoms with E-state index in [1.54, 1.807) is 0 Å². The molecule has 0 aromatic rings. The fraction of sp³-hybridized carbons (Fsp3) is 0.667. The lowest BCUT2D eigenvalue weighted by Gasteiger charge is -2.32. The van der Waals surface area contributed by atoms with E-state index in [0.717, 1.165) is 0 Å². The Bertz CT molecular complexity index is 234. The molecule has 0 spiro atoms. The van der Waals surface area contributed by atoms with Crippen LogP contribution in [0.25, 0.3) is 0 Å². The summed E-state index contributed by atoms with van der Waals surface area (Å²) in [4.78, 5) is 11.2. The summed E-state index contributed by atoms with van der Waals surface area (Å²) in [6.07, 6.45) is 1.22. The zero-order chi connectivity index (χ0) is 8.86. The Morgan fingerprint density at radius 3 is 1.64 bits per heavy atom. The number of carbonyl (C=O) groups is 1. The second-order valence-electron chi connectivity index (χ2n) is 4.12. The standard InChI is InChI=1S/C9H13O2/c1-8(2)6(10)5-7(11)9(8,3)4/h5H,1-4H3. The molecule has 0 amide bonds. The minimum atomic E-state index is -0.524. The normalized spacial score (nSPS) is 26.9. The zero-order valence-electron chi connectivity index (χ0n) is 7.39. The minimum absolute atomic E-state index is 0.0486. The summed E-state index contributed by atoms with van der Waals surface area (Å²) >= 11 is 0. The van der Waals surface area contributed by atoms with E-state index < -0.39 is 10.8 Å². The monoisotopic (exact) mass is 153 g/mol. The van der Waals surface area contributed by atoms with Gasteiger partial charge in [0, 0.05) is 16.9 Å². The Morgan fingerprint density at radius 2 is 1.55 bits per heavy atom. The Hall–Kier alpha value is -0.790. The van der Waals surface area contributed by atoms with Crippen LogP contribution in [0.5, 0.6) is 0 Å². The van der Waals surface area contributed by atoms with Crippen LogP contribution in [0.15, 0.2) is 11.8 Å². The molecule has 1 radical (unpaired) electrons. The molecule has 0 saturated carbocycles. The molecule has 2 nitrogen and oxygen atoms in total. The molecule has 61 valence electrons. The third-order valence-corrected chi connectivity index (χ3v) is 3.06. The van der Waals surface area contributed by atoms with Gasteiger partial charge in [0.15, 0.2) is 11.5 Å². The quantitative estimate of drug-likeness (QED) is 0.524. The van der Waals surface area contributed by atoms with Crippen molar-refractivity contribution in [3.8, 4) is 0 Å². The molecule has 1 aliphatic rings. The van der Waals surface area contributed by atoms with Crippen molar-refractivity contribution in [2.24, 2.45) is 10.8 Å². The molecule has 0 heterocycles. The van der Waals surface area contributed by atoms with Crippen molar-refractivity contribution in [2.75, 3.05) is 0 Å². The predicted molar refractivity (Wildman–Crippen MR) is 41.3 cm³/mol. The van der Waals surface area contributed by atoms with Crippen LogP contribution in [0.2, 0.25) is 0 Å². The van der Waals surface area contributed by atoms with E-state index in [1.165, 1.54) is 6.08 Å². The van der Waals surface area contributed by atoms with Gasteiger partial charge in [-0.15, -0.1) is 0 Å². The summed E-state index contributed by atoms with van der Waals surface area (Å²) in [5.74, 6) is -0.0972. The lowest BCUT2D eigenvalue weighted by atomic mass is 9.69. The number of hydrogen-bond donors (Lipinski definition) is 0. The largest absolute Gasteiger partial charge is 0.294 e. The van der Waals surface area contributed by atoms with Gasteiger partial charge in [-0.2, -0.15) is 0 Å². The highest BCUT2D eigenvalue weighted by Gasteiger charge is 2.51. The van der Waals surface area contributed by atoms with E-state index in [-0.39, 0.29) is 11.5 Å². The number of hydrogen-bond acceptors (Lipinski definition) is 1. The van der Waals surface area contributed by atoms with Crippen LogP contribution in [-0.2, 0) is 9.90 Å². The van der Waals surface area contributed by atoms with Crippen molar-refractivity contribution >= 4 is 5.78 Å².